The van der Waals surface area contributed by atoms with E-state index in [4.69, 9.17) is 5.26 Å². The van der Waals surface area contributed by atoms with Crippen molar-refractivity contribution < 1.29 is 0 Å². The van der Waals surface area contributed by atoms with Crippen LogP contribution in [0.4, 0.5) is 0 Å². The molecule has 0 aliphatic heterocycles. The second-order valence-electron chi connectivity index (χ2n) is 2.53. The van der Waals surface area contributed by atoms with E-state index in [0.717, 1.165) is 15.0 Å². The van der Waals surface area contributed by atoms with Gasteiger partial charge in [0, 0.05) is 0 Å². The third-order valence-electron chi connectivity index (χ3n) is 1.60. The van der Waals surface area contributed by atoms with Gasteiger partial charge >= 0.3 is 0 Å². The highest BCUT2D eigenvalue weighted by atomic mass is 127. The number of fused-ring (bicyclic) bond motifs is 1. The second kappa shape index (κ2) is 3.30. The van der Waals surface area contributed by atoms with Crippen molar-refractivity contribution in [2.24, 2.45) is 0 Å². The number of imidazole rings is 1. The van der Waals surface area contributed by atoms with Crippen LogP contribution in [0.25, 0.3) is 5.65 Å². The largest absolute Gasteiger partial charge is 0.231 e. The van der Waals surface area contributed by atoms with Gasteiger partial charge in [-0.25, -0.2) is 9.50 Å². The maximum atomic E-state index is 8.48. The predicted octanol–water partition coefficient (Wildman–Crippen LogP) is 1.40. The highest BCUT2D eigenvalue weighted by Gasteiger charge is 2.01. The summed E-state index contributed by atoms with van der Waals surface area (Å²) in [6.45, 7) is 0. The lowest BCUT2D eigenvalue weighted by molar-refractivity contribution is 0.912. The van der Waals surface area contributed by atoms with Crippen LogP contribution >= 0.6 is 22.6 Å². The molecule has 13 heavy (non-hydrogen) atoms. The molecule has 2 aromatic heterocycles. The Bertz CT molecular complexity index is 482. The molecule has 0 bridgehead atoms. The lowest BCUT2D eigenvalue weighted by Crippen LogP contribution is -1.91. The molecule has 2 heterocycles. The van der Waals surface area contributed by atoms with Crippen LogP contribution in [0, 0.1) is 15.0 Å². The first-order valence-corrected chi connectivity index (χ1v) is 4.75. The van der Waals surface area contributed by atoms with E-state index in [1.54, 1.807) is 10.7 Å². The number of hydrogen-bond acceptors (Lipinski definition) is 3. The molecule has 64 valence electrons. The molecular weight excluding hydrogens is 279 g/mol. The molecule has 0 aliphatic carbocycles. The fraction of sp³-hybridized carbons (Fsp3) is 0.125. The molecule has 0 amide bonds. The molecule has 0 fully saturated rings. The van der Waals surface area contributed by atoms with Gasteiger partial charge < -0.3 is 0 Å². The first-order valence-electron chi connectivity index (χ1n) is 3.67. The number of hydrogen-bond donors (Lipinski definition) is 0. The van der Waals surface area contributed by atoms with Crippen molar-refractivity contribution in [1.82, 2.24) is 14.6 Å². The molecule has 0 spiro atoms. The highest BCUT2D eigenvalue weighted by Crippen LogP contribution is 2.06. The Morgan fingerprint density at radius 3 is 3.15 bits per heavy atom. The molecule has 0 N–H and O–H groups in total. The highest BCUT2D eigenvalue weighted by molar-refractivity contribution is 14.1. The van der Waals surface area contributed by atoms with Gasteiger partial charge in [-0.1, -0.05) is 0 Å². The van der Waals surface area contributed by atoms with Gasteiger partial charge in [0.1, 0.15) is 3.70 Å². The average molecular weight is 284 g/mol. The van der Waals surface area contributed by atoms with Gasteiger partial charge in [0.05, 0.1) is 24.4 Å². The van der Waals surface area contributed by atoms with Gasteiger partial charge in [0.25, 0.3) is 0 Å². The van der Waals surface area contributed by atoms with Crippen molar-refractivity contribution in [3.8, 4) is 6.07 Å². The van der Waals surface area contributed by atoms with E-state index < -0.39 is 0 Å². The molecular formula is C8H5IN4. The van der Waals surface area contributed by atoms with E-state index in [2.05, 4.69) is 38.7 Å². The van der Waals surface area contributed by atoms with E-state index in [9.17, 15) is 0 Å². The Balaban J connectivity index is 2.57. The molecule has 4 nitrogen and oxygen atoms in total. The summed E-state index contributed by atoms with van der Waals surface area (Å²) in [7, 11) is 0. The molecule has 2 rings (SSSR count). The minimum atomic E-state index is 0.333. The Hall–Kier alpha value is -1.16. The van der Waals surface area contributed by atoms with Crippen molar-refractivity contribution in [3.63, 3.8) is 0 Å². The Morgan fingerprint density at radius 2 is 2.38 bits per heavy atom. The van der Waals surface area contributed by atoms with Gasteiger partial charge in [-0.15, -0.1) is 0 Å². The summed E-state index contributed by atoms with van der Waals surface area (Å²) in [6.07, 6.45) is 2.11. The first-order chi connectivity index (χ1) is 6.29. The summed E-state index contributed by atoms with van der Waals surface area (Å²) in [6, 6.07) is 5.83. The van der Waals surface area contributed by atoms with Crippen molar-refractivity contribution in [2.75, 3.05) is 0 Å². The van der Waals surface area contributed by atoms with Crippen LogP contribution in [0.15, 0.2) is 18.3 Å². The van der Waals surface area contributed by atoms with Gasteiger partial charge in [-0.2, -0.15) is 10.4 Å². The average Bonchev–Trinajstić information content (AvgIpc) is 2.46. The van der Waals surface area contributed by atoms with Crippen LogP contribution in [-0.4, -0.2) is 14.6 Å². The number of halogens is 1. The third-order valence-corrected chi connectivity index (χ3v) is 2.17. The Labute approximate surface area is 88.3 Å². The van der Waals surface area contributed by atoms with Crippen molar-refractivity contribution in [2.45, 2.75) is 6.42 Å². The number of nitriles is 1. The molecule has 0 radical (unpaired) electrons. The van der Waals surface area contributed by atoms with Crippen molar-refractivity contribution >= 4 is 28.2 Å². The monoisotopic (exact) mass is 284 g/mol. The fourth-order valence-corrected chi connectivity index (χ4v) is 1.49. The third kappa shape index (κ3) is 1.62. The summed E-state index contributed by atoms with van der Waals surface area (Å²) in [5.74, 6) is 0. The lowest BCUT2D eigenvalue weighted by atomic mass is 10.4. The normalized spacial score (nSPS) is 10.2. The van der Waals surface area contributed by atoms with Gasteiger partial charge in [0.2, 0.25) is 0 Å². The molecule has 0 aliphatic rings. The Morgan fingerprint density at radius 1 is 1.54 bits per heavy atom. The minimum Gasteiger partial charge on any atom is -0.231 e. The van der Waals surface area contributed by atoms with E-state index in [-0.39, 0.29) is 0 Å². The molecule has 0 saturated carbocycles. The summed E-state index contributed by atoms with van der Waals surface area (Å²) < 4.78 is 2.60. The SMILES string of the molecule is N#CCc1cn2nc(I)ccc2n1. The number of rotatable bonds is 1. The van der Waals surface area contributed by atoms with Gasteiger partial charge in [0.15, 0.2) is 5.65 Å². The standard InChI is InChI=1S/C8H5IN4/c9-7-1-2-8-11-6(3-4-10)5-13(8)12-7/h1-2,5H,3H2. The second-order valence-corrected chi connectivity index (χ2v) is 3.63. The number of nitrogens with zero attached hydrogens (tertiary/aromatic N) is 4. The maximum absolute atomic E-state index is 8.48. The van der Waals surface area contributed by atoms with Crippen LogP contribution in [0.5, 0.6) is 0 Å². The predicted molar refractivity (Wildman–Crippen MR) is 55.0 cm³/mol. The smallest absolute Gasteiger partial charge is 0.153 e. The Kier molecular flexibility index (Phi) is 2.14. The van der Waals surface area contributed by atoms with Crippen molar-refractivity contribution in [1.29, 1.82) is 5.26 Å². The minimum absolute atomic E-state index is 0.333. The zero-order chi connectivity index (χ0) is 9.26. The molecule has 2 aromatic rings. The van der Waals surface area contributed by atoms with Crippen LogP contribution in [-0.2, 0) is 6.42 Å². The van der Waals surface area contributed by atoms with Crippen LogP contribution in [0.3, 0.4) is 0 Å². The molecule has 0 aromatic carbocycles. The zero-order valence-corrected chi connectivity index (χ0v) is 8.76. The van der Waals surface area contributed by atoms with Gasteiger partial charge in [-0.3, -0.25) is 0 Å². The zero-order valence-electron chi connectivity index (χ0n) is 6.61. The first kappa shape index (κ1) is 8.44. The van der Waals surface area contributed by atoms with Gasteiger partial charge in [-0.05, 0) is 34.7 Å². The fourth-order valence-electron chi connectivity index (χ4n) is 1.07. The van der Waals surface area contributed by atoms with Crippen LogP contribution in [0.2, 0.25) is 0 Å². The topological polar surface area (TPSA) is 54.0 Å². The molecule has 5 heteroatoms. The summed E-state index contributed by atoms with van der Waals surface area (Å²) >= 11 is 2.13. The van der Waals surface area contributed by atoms with E-state index >= 15 is 0 Å². The summed E-state index contributed by atoms with van der Waals surface area (Å²) in [4.78, 5) is 4.22. The van der Waals surface area contributed by atoms with E-state index in [0.29, 0.717) is 6.42 Å². The summed E-state index contributed by atoms with van der Waals surface area (Å²) in [5.41, 5.74) is 1.54. The number of aromatic nitrogens is 3. The summed E-state index contributed by atoms with van der Waals surface area (Å²) in [5, 5.41) is 12.7. The van der Waals surface area contributed by atoms with Crippen molar-refractivity contribution in [3.05, 3.63) is 27.7 Å². The molecule has 0 unspecified atom stereocenters. The van der Waals surface area contributed by atoms with Crippen LogP contribution in [0.1, 0.15) is 5.69 Å². The maximum Gasteiger partial charge on any atom is 0.153 e. The quantitative estimate of drug-likeness (QED) is 0.744. The van der Waals surface area contributed by atoms with E-state index in [1.807, 2.05) is 12.1 Å². The lowest BCUT2D eigenvalue weighted by Gasteiger charge is -1.90. The molecule has 0 atom stereocenters. The van der Waals surface area contributed by atoms with Crippen LogP contribution < -0.4 is 0 Å². The van der Waals surface area contributed by atoms with E-state index in [1.165, 1.54) is 0 Å². The molecule has 0 saturated heterocycles.